The first-order chi connectivity index (χ1) is 7.74. The second-order valence-corrected chi connectivity index (χ2v) is 3.46. The number of rotatable bonds is 5. The van der Waals surface area contributed by atoms with E-state index in [1.54, 1.807) is 14.2 Å². The zero-order chi connectivity index (χ0) is 12.0. The number of hydrogen-bond acceptors (Lipinski definition) is 3. The van der Waals surface area contributed by atoms with Crippen molar-refractivity contribution in [3.05, 3.63) is 23.8 Å². The van der Waals surface area contributed by atoms with Gasteiger partial charge in [0.25, 0.3) is 0 Å². The van der Waals surface area contributed by atoms with Gasteiger partial charge < -0.3 is 14.8 Å². The number of nitrogens with two attached hydrogens (primary N) is 1. The predicted molar refractivity (Wildman–Crippen MR) is 60.5 cm³/mol. The van der Waals surface area contributed by atoms with Gasteiger partial charge in [-0.25, -0.2) is 0 Å². The zero-order valence-corrected chi connectivity index (χ0v) is 9.86. The number of methoxy groups -OCH3 is 2. The minimum absolute atomic E-state index is 0.0573. The zero-order valence-electron chi connectivity index (χ0n) is 9.86. The Kier molecular flexibility index (Phi) is 4.62. The Hall–Kier alpha value is -1.73. The number of hydrogen-bond donors (Lipinski definition) is 1. The average Bonchev–Trinajstić information content (AvgIpc) is 2.35. The molecule has 0 bridgehead atoms. The lowest BCUT2D eigenvalue weighted by Crippen LogP contribution is -2.86. The Balaban J connectivity index is 2.87. The Morgan fingerprint density at radius 1 is 1.31 bits per heavy atom. The second kappa shape index (κ2) is 5.99. The summed E-state index contributed by atoms with van der Waals surface area (Å²) in [6, 6.07) is 7.90. The van der Waals surface area contributed by atoms with Crippen LogP contribution in [0.5, 0.6) is 11.5 Å². The molecule has 0 fully saturated rings. The van der Waals surface area contributed by atoms with Gasteiger partial charge in [-0.05, 0) is 17.7 Å². The van der Waals surface area contributed by atoms with Crippen molar-refractivity contribution < 1.29 is 14.8 Å². The van der Waals surface area contributed by atoms with E-state index in [9.17, 15) is 0 Å². The summed E-state index contributed by atoms with van der Waals surface area (Å²) < 4.78 is 10.4. The quantitative estimate of drug-likeness (QED) is 0.779. The summed E-state index contributed by atoms with van der Waals surface area (Å²) in [5.41, 5.74) is 1.07. The Morgan fingerprint density at radius 2 is 2.00 bits per heavy atom. The fraction of sp³-hybridized carbons (Fsp3) is 0.417. The molecule has 86 valence electrons. The van der Waals surface area contributed by atoms with Crippen molar-refractivity contribution >= 4 is 0 Å². The number of likely N-dealkylation sites (N-methyl/N-ethyl adjacent to an activating group) is 1. The van der Waals surface area contributed by atoms with Crippen LogP contribution in [0.15, 0.2) is 18.2 Å². The van der Waals surface area contributed by atoms with Crippen LogP contribution in [-0.2, 0) is 6.42 Å². The molecule has 1 rings (SSSR count). The van der Waals surface area contributed by atoms with E-state index in [1.165, 1.54) is 0 Å². The number of benzene rings is 1. The fourth-order valence-electron chi connectivity index (χ4n) is 1.50. The van der Waals surface area contributed by atoms with Crippen LogP contribution in [0, 0.1) is 11.3 Å². The molecule has 0 spiro atoms. The van der Waals surface area contributed by atoms with E-state index < -0.39 is 0 Å². The van der Waals surface area contributed by atoms with Crippen molar-refractivity contribution in [3.63, 3.8) is 0 Å². The average molecular weight is 221 g/mol. The third-order valence-corrected chi connectivity index (χ3v) is 2.47. The van der Waals surface area contributed by atoms with E-state index in [0.29, 0.717) is 17.9 Å². The maximum Gasteiger partial charge on any atom is 0.177 e. The van der Waals surface area contributed by atoms with E-state index in [2.05, 4.69) is 6.07 Å². The van der Waals surface area contributed by atoms with Crippen molar-refractivity contribution in [1.82, 2.24) is 0 Å². The third-order valence-electron chi connectivity index (χ3n) is 2.47. The highest BCUT2D eigenvalue weighted by Crippen LogP contribution is 2.27. The standard InChI is InChI=1S/C12H16N2O2/c1-14-10(8-13)6-9-4-5-11(15-2)12(7-9)16-3/h4-5,7,10,14H,6H2,1-3H3/p+1/t10-/m0/s1. The molecule has 1 aromatic carbocycles. The summed E-state index contributed by atoms with van der Waals surface area (Å²) >= 11 is 0. The Labute approximate surface area is 95.8 Å². The lowest BCUT2D eigenvalue weighted by molar-refractivity contribution is -0.650. The molecule has 4 heteroatoms. The van der Waals surface area contributed by atoms with Gasteiger partial charge in [0.2, 0.25) is 0 Å². The van der Waals surface area contributed by atoms with Crippen LogP contribution in [0.3, 0.4) is 0 Å². The molecule has 4 nitrogen and oxygen atoms in total. The van der Waals surface area contributed by atoms with Gasteiger partial charge in [-0.3, -0.25) is 0 Å². The largest absolute Gasteiger partial charge is 0.493 e. The fourth-order valence-corrected chi connectivity index (χ4v) is 1.50. The highest BCUT2D eigenvalue weighted by atomic mass is 16.5. The number of ether oxygens (including phenoxy) is 2. The van der Waals surface area contributed by atoms with Gasteiger partial charge in [-0.1, -0.05) is 6.07 Å². The molecule has 0 aliphatic rings. The van der Waals surface area contributed by atoms with Gasteiger partial charge in [-0.15, -0.1) is 0 Å². The summed E-state index contributed by atoms with van der Waals surface area (Å²) in [6.45, 7) is 0. The van der Waals surface area contributed by atoms with Crippen LogP contribution in [0.1, 0.15) is 5.56 Å². The lowest BCUT2D eigenvalue weighted by Gasteiger charge is -2.10. The molecule has 2 N–H and O–H groups in total. The number of nitriles is 1. The SMILES string of the molecule is C[NH2+][C@H](C#N)Cc1ccc(OC)c(OC)c1. The summed E-state index contributed by atoms with van der Waals surface area (Å²) in [4.78, 5) is 0. The van der Waals surface area contributed by atoms with Crippen molar-refractivity contribution in [3.8, 4) is 17.6 Å². The molecule has 0 radical (unpaired) electrons. The molecule has 0 aliphatic heterocycles. The second-order valence-electron chi connectivity index (χ2n) is 3.46. The molecule has 0 aliphatic carbocycles. The van der Waals surface area contributed by atoms with Crippen molar-refractivity contribution in [2.45, 2.75) is 12.5 Å². The third kappa shape index (κ3) is 2.88. The number of quaternary nitrogens is 1. The number of nitrogens with zero attached hydrogens (tertiary/aromatic N) is 1. The summed E-state index contributed by atoms with van der Waals surface area (Å²) in [7, 11) is 5.11. The Bertz CT molecular complexity index is 385. The smallest absolute Gasteiger partial charge is 0.177 e. The van der Waals surface area contributed by atoms with Crippen LogP contribution in [-0.4, -0.2) is 27.3 Å². The van der Waals surface area contributed by atoms with Crippen molar-refractivity contribution in [2.24, 2.45) is 0 Å². The first kappa shape index (κ1) is 12.3. The van der Waals surface area contributed by atoms with E-state index in [-0.39, 0.29) is 6.04 Å². The molecular weight excluding hydrogens is 204 g/mol. The minimum atomic E-state index is -0.0573. The Morgan fingerprint density at radius 3 is 2.50 bits per heavy atom. The molecule has 0 heterocycles. The molecule has 0 unspecified atom stereocenters. The normalized spacial score (nSPS) is 11.6. The molecular formula is C12H17N2O2+. The first-order valence-electron chi connectivity index (χ1n) is 5.15. The van der Waals surface area contributed by atoms with Crippen LogP contribution in [0.2, 0.25) is 0 Å². The lowest BCUT2D eigenvalue weighted by atomic mass is 10.1. The summed E-state index contributed by atoms with van der Waals surface area (Å²) in [5, 5.41) is 10.8. The van der Waals surface area contributed by atoms with Gasteiger partial charge in [0, 0.05) is 6.42 Å². The summed E-state index contributed by atoms with van der Waals surface area (Å²) in [5.74, 6) is 1.41. The highest BCUT2D eigenvalue weighted by molar-refractivity contribution is 5.43. The van der Waals surface area contributed by atoms with Crippen LogP contribution >= 0.6 is 0 Å². The van der Waals surface area contributed by atoms with Crippen LogP contribution in [0.4, 0.5) is 0 Å². The maximum atomic E-state index is 8.88. The molecule has 1 aromatic rings. The predicted octanol–water partition coefficient (Wildman–Crippen LogP) is 0.332. The monoisotopic (exact) mass is 221 g/mol. The van der Waals surface area contributed by atoms with Gasteiger partial charge in [-0.2, -0.15) is 5.26 Å². The first-order valence-corrected chi connectivity index (χ1v) is 5.15. The van der Waals surface area contributed by atoms with Gasteiger partial charge in [0.1, 0.15) is 6.07 Å². The molecule has 0 amide bonds. The van der Waals surface area contributed by atoms with Crippen LogP contribution < -0.4 is 14.8 Å². The molecule has 0 saturated carbocycles. The molecule has 1 atom stereocenters. The maximum absolute atomic E-state index is 8.88. The summed E-state index contributed by atoms with van der Waals surface area (Å²) in [6.07, 6.45) is 0.702. The van der Waals surface area contributed by atoms with Gasteiger partial charge >= 0.3 is 0 Å². The minimum Gasteiger partial charge on any atom is -0.493 e. The van der Waals surface area contributed by atoms with E-state index in [4.69, 9.17) is 14.7 Å². The van der Waals surface area contributed by atoms with E-state index in [0.717, 1.165) is 5.56 Å². The topological polar surface area (TPSA) is 58.9 Å². The highest BCUT2D eigenvalue weighted by Gasteiger charge is 2.11. The van der Waals surface area contributed by atoms with Crippen molar-refractivity contribution in [2.75, 3.05) is 21.3 Å². The van der Waals surface area contributed by atoms with Gasteiger partial charge in [0.05, 0.1) is 21.3 Å². The van der Waals surface area contributed by atoms with E-state index in [1.807, 2.05) is 30.6 Å². The van der Waals surface area contributed by atoms with Crippen LogP contribution in [0.25, 0.3) is 0 Å². The van der Waals surface area contributed by atoms with Gasteiger partial charge in [0.15, 0.2) is 17.5 Å². The van der Waals surface area contributed by atoms with Crippen molar-refractivity contribution in [1.29, 1.82) is 5.26 Å². The molecule has 16 heavy (non-hydrogen) atoms. The molecule has 0 saturated heterocycles. The molecule has 0 aromatic heterocycles. The van der Waals surface area contributed by atoms with E-state index >= 15 is 0 Å².